The number of nitrogens with one attached hydrogen (secondary N) is 1. The van der Waals surface area contributed by atoms with E-state index in [1.54, 1.807) is 29.9 Å². The number of rotatable bonds is 4. The van der Waals surface area contributed by atoms with Gasteiger partial charge in [0.2, 0.25) is 0 Å². The van der Waals surface area contributed by atoms with Crippen LogP contribution in [0.3, 0.4) is 0 Å². The summed E-state index contributed by atoms with van der Waals surface area (Å²) >= 11 is 0. The number of hydrogen-bond acceptors (Lipinski definition) is 5. The summed E-state index contributed by atoms with van der Waals surface area (Å²) in [6.45, 7) is -0.413. The van der Waals surface area contributed by atoms with Gasteiger partial charge in [-0.15, -0.1) is 0 Å². The zero-order valence-electron chi connectivity index (χ0n) is 12.9. The summed E-state index contributed by atoms with van der Waals surface area (Å²) in [5, 5.41) is 19.6. The van der Waals surface area contributed by atoms with E-state index in [0.717, 1.165) is 5.52 Å². The monoisotopic (exact) mass is 322 g/mol. The molecule has 2 aromatic heterocycles. The highest BCUT2D eigenvalue weighted by Gasteiger charge is 2.18. The predicted molar refractivity (Wildman–Crippen MR) is 87.0 cm³/mol. The molecule has 0 fully saturated rings. The lowest BCUT2D eigenvalue weighted by Crippen LogP contribution is -2.10. The Bertz CT molecular complexity index is 962. The molecule has 0 saturated carbocycles. The number of hydrogen-bond donors (Lipinski definition) is 2. The first kappa shape index (κ1) is 15.4. The third-order valence-corrected chi connectivity index (χ3v) is 3.57. The number of carbonyl (C=O) groups excluding carboxylic acids is 1. The highest BCUT2D eigenvalue weighted by atomic mass is 16.5. The highest BCUT2D eigenvalue weighted by molar-refractivity contribution is 5.88. The second-order valence-electron chi connectivity index (χ2n) is 5.08. The number of para-hydroxylation sites is 2. The van der Waals surface area contributed by atoms with Crippen LogP contribution in [0.1, 0.15) is 16.3 Å². The number of ether oxygens (including phenoxy) is 1. The fraction of sp³-hybridized carbons (Fsp3) is 0.118. The topological polar surface area (TPSA) is 104 Å². The molecular weight excluding hydrogens is 308 g/mol. The van der Waals surface area contributed by atoms with Gasteiger partial charge in [-0.3, -0.25) is 0 Å². The Balaban J connectivity index is 1.88. The Morgan fingerprint density at radius 1 is 1.38 bits per heavy atom. The number of allylic oxidation sites excluding steroid dienone is 1. The number of fused-ring (bicyclic) bond motifs is 1. The van der Waals surface area contributed by atoms with Crippen molar-refractivity contribution in [2.45, 2.75) is 0 Å². The third-order valence-electron chi connectivity index (χ3n) is 3.57. The molecule has 1 aromatic carbocycles. The van der Waals surface area contributed by atoms with Gasteiger partial charge in [0.15, 0.2) is 11.6 Å². The number of benzene rings is 1. The molecule has 0 aliphatic heterocycles. The van der Waals surface area contributed by atoms with E-state index in [9.17, 15) is 15.2 Å². The summed E-state index contributed by atoms with van der Waals surface area (Å²) < 4.78 is 6.71. The van der Waals surface area contributed by atoms with Crippen LogP contribution in [0, 0.1) is 11.3 Å². The average molecular weight is 322 g/mol. The Hall–Kier alpha value is -3.53. The van der Waals surface area contributed by atoms with Gasteiger partial charge in [0.25, 0.3) is 0 Å². The van der Waals surface area contributed by atoms with Crippen molar-refractivity contribution in [1.29, 1.82) is 5.26 Å². The van der Waals surface area contributed by atoms with Crippen LogP contribution >= 0.6 is 0 Å². The van der Waals surface area contributed by atoms with E-state index in [2.05, 4.69) is 9.97 Å². The molecule has 0 amide bonds. The summed E-state index contributed by atoms with van der Waals surface area (Å²) in [6, 6.07) is 12.5. The standard InChI is InChI=1S/C17H14N4O3/c1-21-14-7-3-2-5-12(14)20-16(21)11(9-18)15(22)10-24-17(23)13-6-4-8-19-13/h2-8,19,22H,10H2,1H3/b15-11-. The molecule has 0 saturated heterocycles. The van der Waals surface area contributed by atoms with Gasteiger partial charge in [0.05, 0.1) is 11.0 Å². The SMILES string of the molecule is Cn1c(/C(C#N)=C(\O)COC(=O)c2ccc[nH]2)nc2ccccc21. The van der Waals surface area contributed by atoms with Crippen LogP contribution in [0.5, 0.6) is 0 Å². The summed E-state index contributed by atoms with van der Waals surface area (Å²) in [5.41, 5.74) is 1.77. The summed E-state index contributed by atoms with van der Waals surface area (Å²) in [4.78, 5) is 18.8. The third kappa shape index (κ3) is 2.73. The molecule has 0 atom stereocenters. The number of carbonyl (C=O) groups is 1. The number of aliphatic hydroxyl groups is 1. The largest absolute Gasteiger partial charge is 0.507 e. The van der Waals surface area contributed by atoms with Crippen molar-refractivity contribution < 1.29 is 14.6 Å². The van der Waals surface area contributed by atoms with Crippen molar-refractivity contribution in [3.63, 3.8) is 0 Å². The van der Waals surface area contributed by atoms with Gasteiger partial charge in [-0.05, 0) is 24.3 Å². The molecule has 0 radical (unpaired) electrons. The van der Waals surface area contributed by atoms with Crippen LogP contribution in [-0.4, -0.2) is 32.2 Å². The number of esters is 1. The molecule has 0 unspecified atom stereocenters. The number of nitriles is 1. The molecule has 0 aliphatic rings. The van der Waals surface area contributed by atoms with E-state index in [0.29, 0.717) is 11.3 Å². The Morgan fingerprint density at radius 2 is 2.17 bits per heavy atom. The Labute approximate surface area is 137 Å². The first-order chi connectivity index (χ1) is 11.6. The lowest BCUT2D eigenvalue weighted by Gasteiger charge is -2.06. The maximum Gasteiger partial charge on any atom is 0.355 e. The lowest BCUT2D eigenvalue weighted by molar-refractivity contribution is 0.0497. The van der Waals surface area contributed by atoms with E-state index in [4.69, 9.17) is 4.74 Å². The molecule has 3 aromatic rings. The van der Waals surface area contributed by atoms with Gasteiger partial charge < -0.3 is 19.4 Å². The zero-order valence-corrected chi connectivity index (χ0v) is 12.9. The fourth-order valence-corrected chi connectivity index (χ4v) is 2.35. The normalized spacial score (nSPS) is 11.8. The van der Waals surface area contributed by atoms with Gasteiger partial charge in [0.1, 0.15) is 23.9 Å². The van der Waals surface area contributed by atoms with Crippen molar-refractivity contribution in [2.24, 2.45) is 7.05 Å². The van der Waals surface area contributed by atoms with E-state index < -0.39 is 12.6 Å². The van der Waals surface area contributed by atoms with Gasteiger partial charge in [0, 0.05) is 13.2 Å². The smallest absolute Gasteiger partial charge is 0.355 e. The number of H-pyrrole nitrogens is 1. The maximum absolute atomic E-state index is 11.8. The number of nitrogens with zero attached hydrogens (tertiary/aromatic N) is 3. The van der Waals surface area contributed by atoms with Gasteiger partial charge >= 0.3 is 5.97 Å². The molecule has 0 aliphatic carbocycles. The quantitative estimate of drug-likeness (QED) is 0.436. The van der Waals surface area contributed by atoms with E-state index >= 15 is 0 Å². The molecule has 3 rings (SSSR count). The first-order valence-corrected chi connectivity index (χ1v) is 7.16. The van der Waals surface area contributed by atoms with Crippen molar-refractivity contribution in [2.75, 3.05) is 6.61 Å². The Morgan fingerprint density at radius 3 is 2.83 bits per heavy atom. The van der Waals surface area contributed by atoms with E-state index in [1.165, 1.54) is 0 Å². The van der Waals surface area contributed by atoms with Crippen LogP contribution < -0.4 is 0 Å². The van der Waals surface area contributed by atoms with Crippen LogP contribution in [0.25, 0.3) is 16.6 Å². The van der Waals surface area contributed by atoms with E-state index in [1.807, 2.05) is 30.3 Å². The van der Waals surface area contributed by atoms with Gasteiger partial charge in [-0.1, -0.05) is 12.1 Å². The van der Waals surface area contributed by atoms with Crippen molar-refractivity contribution in [3.8, 4) is 6.07 Å². The first-order valence-electron chi connectivity index (χ1n) is 7.16. The molecule has 2 heterocycles. The maximum atomic E-state index is 11.8. The number of imidazole rings is 1. The molecule has 0 bridgehead atoms. The second-order valence-corrected chi connectivity index (χ2v) is 5.08. The molecule has 2 N–H and O–H groups in total. The van der Waals surface area contributed by atoms with Crippen molar-refractivity contribution in [1.82, 2.24) is 14.5 Å². The predicted octanol–water partition coefficient (Wildman–Crippen LogP) is 2.55. The zero-order chi connectivity index (χ0) is 17.1. The van der Waals surface area contributed by atoms with Gasteiger partial charge in [-0.25, -0.2) is 9.78 Å². The van der Waals surface area contributed by atoms with Crippen LogP contribution in [-0.2, 0) is 11.8 Å². The molecule has 7 heteroatoms. The fourth-order valence-electron chi connectivity index (χ4n) is 2.35. The van der Waals surface area contributed by atoms with Crippen LogP contribution in [0.2, 0.25) is 0 Å². The average Bonchev–Trinajstić information content (AvgIpc) is 3.23. The molecule has 7 nitrogen and oxygen atoms in total. The molecule has 120 valence electrons. The van der Waals surface area contributed by atoms with Crippen LogP contribution in [0.15, 0.2) is 48.4 Å². The minimum atomic E-state index is -0.617. The van der Waals surface area contributed by atoms with Crippen LogP contribution in [0.4, 0.5) is 0 Å². The summed E-state index contributed by atoms with van der Waals surface area (Å²) in [5.74, 6) is -0.656. The number of aromatic nitrogens is 3. The number of aryl methyl sites for hydroxylation is 1. The van der Waals surface area contributed by atoms with Gasteiger partial charge in [-0.2, -0.15) is 5.26 Å². The van der Waals surface area contributed by atoms with E-state index in [-0.39, 0.29) is 17.0 Å². The minimum Gasteiger partial charge on any atom is -0.507 e. The lowest BCUT2D eigenvalue weighted by atomic mass is 10.2. The number of aliphatic hydroxyl groups excluding tert-OH is 1. The number of aromatic amines is 1. The summed E-state index contributed by atoms with van der Waals surface area (Å²) in [7, 11) is 1.75. The Kier molecular flexibility index (Phi) is 4.03. The second kappa shape index (κ2) is 6.30. The molecule has 24 heavy (non-hydrogen) atoms. The highest BCUT2D eigenvalue weighted by Crippen LogP contribution is 2.22. The summed E-state index contributed by atoms with van der Waals surface area (Å²) in [6.07, 6.45) is 1.59. The van der Waals surface area contributed by atoms with Crippen molar-refractivity contribution in [3.05, 3.63) is 59.9 Å². The van der Waals surface area contributed by atoms with Crippen molar-refractivity contribution >= 4 is 22.6 Å². The molecule has 0 spiro atoms. The minimum absolute atomic E-state index is 0.0343. The molecular formula is C17H14N4O3.